The van der Waals surface area contributed by atoms with Crippen LogP contribution in [0.1, 0.15) is 0 Å². The lowest BCUT2D eigenvalue weighted by atomic mass is 10.3. The van der Waals surface area contributed by atoms with Crippen LogP contribution >= 0.6 is 54.5 Å². The van der Waals surface area contributed by atoms with Crippen molar-refractivity contribution < 1.29 is 17.9 Å². The van der Waals surface area contributed by atoms with E-state index in [0.717, 1.165) is 0 Å². The van der Waals surface area contributed by atoms with E-state index in [4.69, 9.17) is 0 Å². The van der Waals surface area contributed by atoms with Gasteiger partial charge >= 0.3 is 6.36 Å². The molecule has 1 aromatic rings. The van der Waals surface area contributed by atoms with Crippen LogP contribution in [0.2, 0.25) is 0 Å². The Bertz CT molecular complexity index is 354. The molecule has 0 amide bonds. The molecule has 7 heteroatoms. The fraction of sp³-hybridized carbons (Fsp3) is 0.143. The second kappa shape index (κ2) is 4.56. The number of alkyl halides is 3. The average molecular weight is 446 g/mol. The van der Waals surface area contributed by atoms with Gasteiger partial charge in [0.2, 0.25) is 0 Å². The lowest BCUT2D eigenvalue weighted by molar-refractivity contribution is -0.274. The van der Waals surface area contributed by atoms with Gasteiger partial charge in [0.1, 0.15) is 5.75 Å². The number of rotatable bonds is 1. The summed E-state index contributed by atoms with van der Waals surface area (Å²) in [7, 11) is 0. The molecule has 0 aliphatic carbocycles. The molecule has 1 aromatic carbocycles. The Morgan fingerprint density at radius 1 is 1.14 bits per heavy atom. The van der Waals surface area contributed by atoms with Crippen molar-refractivity contribution in [2.24, 2.45) is 0 Å². The lowest BCUT2D eigenvalue weighted by Gasteiger charge is -2.11. The Kier molecular flexibility index (Phi) is 4.10. The molecule has 0 saturated heterocycles. The molecule has 78 valence electrons. The second-order valence-electron chi connectivity index (χ2n) is 2.24. The fourth-order valence-corrected chi connectivity index (χ4v) is 2.22. The summed E-state index contributed by atoms with van der Waals surface area (Å²) in [5, 5.41) is 0. The third-order valence-electron chi connectivity index (χ3n) is 1.20. The molecule has 0 saturated carbocycles. The maximum atomic E-state index is 11.9. The molecule has 0 heterocycles. The average Bonchev–Trinajstić information content (AvgIpc) is 1.97. The van der Waals surface area contributed by atoms with Crippen LogP contribution in [-0.2, 0) is 0 Å². The van der Waals surface area contributed by atoms with Crippen molar-refractivity contribution in [1.29, 1.82) is 0 Å². The van der Waals surface area contributed by atoms with E-state index in [0.29, 0.717) is 8.04 Å². The highest BCUT2D eigenvalue weighted by atomic mass is 127. The minimum Gasteiger partial charge on any atom is -0.405 e. The highest BCUT2D eigenvalue weighted by molar-refractivity contribution is 14.1. The van der Waals surface area contributed by atoms with E-state index < -0.39 is 6.36 Å². The quantitative estimate of drug-likeness (QED) is 0.449. The van der Waals surface area contributed by atoms with E-state index in [1.807, 2.05) is 22.6 Å². The second-order valence-corrected chi connectivity index (χ2v) is 5.12. The summed E-state index contributed by atoms with van der Waals surface area (Å²) in [5.74, 6) is -0.245. The molecule has 14 heavy (non-hydrogen) atoms. The number of hydrogen-bond acceptors (Lipinski definition) is 1. The van der Waals surface area contributed by atoms with Crippen LogP contribution in [0, 0.1) is 3.57 Å². The molecule has 0 bridgehead atoms. The van der Waals surface area contributed by atoms with Gasteiger partial charge in [-0.15, -0.1) is 13.2 Å². The SMILES string of the molecule is FC(F)(F)Oc1cc(I)c(Br)cc1Br. The predicted octanol–water partition coefficient (Wildman–Crippen LogP) is 4.71. The number of ether oxygens (including phenoxy) is 1. The number of halogens is 6. The highest BCUT2D eigenvalue weighted by Crippen LogP contribution is 2.35. The molecule has 0 N–H and O–H groups in total. The van der Waals surface area contributed by atoms with E-state index in [1.165, 1.54) is 12.1 Å². The van der Waals surface area contributed by atoms with Gasteiger partial charge in [-0.2, -0.15) is 0 Å². The minimum absolute atomic E-state index is 0.245. The number of benzene rings is 1. The van der Waals surface area contributed by atoms with Crippen molar-refractivity contribution in [3.63, 3.8) is 0 Å². The van der Waals surface area contributed by atoms with Gasteiger partial charge in [-0.25, -0.2) is 0 Å². The molecule has 0 aliphatic heterocycles. The lowest BCUT2D eigenvalue weighted by Crippen LogP contribution is -2.17. The summed E-state index contributed by atoms with van der Waals surface area (Å²) >= 11 is 8.06. The van der Waals surface area contributed by atoms with E-state index in [2.05, 4.69) is 36.6 Å². The van der Waals surface area contributed by atoms with E-state index in [1.54, 1.807) is 0 Å². The molecule has 0 radical (unpaired) electrons. The summed E-state index contributed by atoms with van der Waals surface area (Å²) in [4.78, 5) is 0. The maximum absolute atomic E-state index is 11.9. The zero-order chi connectivity index (χ0) is 10.9. The topological polar surface area (TPSA) is 9.23 Å². The van der Waals surface area contributed by atoms with Crippen LogP contribution in [0.5, 0.6) is 5.75 Å². The highest BCUT2D eigenvalue weighted by Gasteiger charge is 2.32. The molecular weight excluding hydrogens is 444 g/mol. The molecule has 0 aromatic heterocycles. The van der Waals surface area contributed by atoms with Gasteiger partial charge in [0.25, 0.3) is 0 Å². The van der Waals surface area contributed by atoms with Crippen LogP contribution < -0.4 is 4.74 Å². The largest absolute Gasteiger partial charge is 0.573 e. The van der Waals surface area contributed by atoms with Crippen molar-refractivity contribution >= 4 is 54.5 Å². The Morgan fingerprint density at radius 3 is 2.21 bits per heavy atom. The first-order valence-corrected chi connectivity index (χ1v) is 5.86. The molecule has 0 fully saturated rings. The standard InChI is InChI=1S/C7H2Br2F3IO/c8-3-1-4(9)6(2-5(3)13)14-7(10,11)12/h1-2H. The van der Waals surface area contributed by atoms with E-state index >= 15 is 0 Å². The Balaban J connectivity index is 3.04. The molecule has 1 nitrogen and oxygen atoms in total. The van der Waals surface area contributed by atoms with Crippen LogP contribution in [0.15, 0.2) is 21.1 Å². The van der Waals surface area contributed by atoms with Crippen LogP contribution in [0.3, 0.4) is 0 Å². The Morgan fingerprint density at radius 2 is 1.71 bits per heavy atom. The first-order chi connectivity index (χ1) is 6.29. The van der Waals surface area contributed by atoms with E-state index in [-0.39, 0.29) is 10.2 Å². The van der Waals surface area contributed by atoms with Crippen molar-refractivity contribution in [2.45, 2.75) is 6.36 Å². The third kappa shape index (κ3) is 3.58. The van der Waals surface area contributed by atoms with Gasteiger partial charge in [0, 0.05) is 8.04 Å². The van der Waals surface area contributed by atoms with Crippen LogP contribution in [0.25, 0.3) is 0 Å². The minimum atomic E-state index is -4.67. The zero-order valence-electron chi connectivity index (χ0n) is 6.33. The van der Waals surface area contributed by atoms with Gasteiger partial charge in [-0.05, 0) is 66.6 Å². The molecule has 0 unspecified atom stereocenters. The monoisotopic (exact) mass is 444 g/mol. The molecule has 0 aliphatic rings. The van der Waals surface area contributed by atoms with Gasteiger partial charge in [-0.1, -0.05) is 0 Å². The molecule has 0 atom stereocenters. The molecule has 1 rings (SSSR count). The first kappa shape index (κ1) is 12.6. The Hall–Kier alpha value is 0.500. The molecular formula is C7H2Br2F3IO. The van der Waals surface area contributed by atoms with Gasteiger partial charge in [0.05, 0.1) is 4.47 Å². The zero-order valence-corrected chi connectivity index (χ0v) is 11.7. The summed E-state index contributed by atoms with van der Waals surface area (Å²) in [6, 6.07) is 2.80. The summed E-state index contributed by atoms with van der Waals surface area (Å²) in [6.45, 7) is 0. The van der Waals surface area contributed by atoms with Crippen molar-refractivity contribution in [3.05, 3.63) is 24.6 Å². The van der Waals surface area contributed by atoms with Crippen LogP contribution in [-0.4, -0.2) is 6.36 Å². The van der Waals surface area contributed by atoms with Crippen molar-refractivity contribution in [3.8, 4) is 5.75 Å². The van der Waals surface area contributed by atoms with Gasteiger partial charge in [0.15, 0.2) is 0 Å². The third-order valence-corrected chi connectivity index (χ3v) is 4.11. The van der Waals surface area contributed by atoms with Crippen LogP contribution in [0.4, 0.5) is 13.2 Å². The normalized spacial score (nSPS) is 11.6. The number of hydrogen-bond donors (Lipinski definition) is 0. The van der Waals surface area contributed by atoms with Gasteiger partial charge in [-0.3, -0.25) is 0 Å². The summed E-state index contributed by atoms with van der Waals surface area (Å²) in [5.41, 5.74) is 0. The fourth-order valence-electron chi connectivity index (χ4n) is 0.707. The smallest absolute Gasteiger partial charge is 0.405 e. The first-order valence-electron chi connectivity index (χ1n) is 3.20. The van der Waals surface area contributed by atoms with Crippen molar-refractivity contribution in [2.75, 3.05) is 0 Å². The molecule has 0 spiro atoms. The Labute approximate surface area is 108 Å². The summed E-state index contributed by atoms with van der Waals surface area (Å²) < 4.78 is 41.1. The predicted molar refractivity (Wildman–Crippen MR) is 61.2 cm³/mol. The van der Waals surface area contributed by atoms with E-state index in [9.17, 15) is 13.2 Å². The van der Waals surface area contributed by atoms with Crippen molar-refractivity contribution in [1.82, 2.24) is 0 Å². The maximum Gasteiger partial charge on any atom is 0.573 e. The summed E-state index contributed by atoms with van der Waals surface area (Å²) in [6.07, 6.45) is -4.67. The van der Waals surface area contributed by atoms with Gasteiger partial charge < -0.3 is 4.74 Å².